The Hall–Kier alpha value is -2.01. The van der Waals surface area contributed by atoms with E-state index in [-0.39, 0.29) is 0 Å². The Bertz CT molecular complexity index is 674. The highest BCUT2D eigenvalue weighted by molar-refractivity contribution is 5.95. The third-order valence-corrected chi connectivity index (χ3v) is 4.41. The molecule has 0 bridgehead atoms. The number of pyridine rings is 1. The summed E-state index contributed by atoms with van der Waals surface area (Å²) < 4.78 is 11.0. The van der Waals surface area contributed by atoms with E-state index in [0.29, 0.717) is 19.4 Å². The molecular weight excluding hydrogens is 266 g/mol. The van der Waals surface area contributed by atoms with E-state index < -0.39 is 0 Å². The van der Waals surface area contributed by atoms with Crippen LogP contribution in [-0.4, -0.2) is 30.9 Å². The molecule has 0 amide bonds. The lowest BCUT2D eigenvalue weighted by molar-refractivity contribution is 0.174. The van der Waals surface area contributed by atoms with Crippen LogP contribution >= 0.6 is 0 Å². The molecule has 3 heterocycles. The molecule has 21 heavy (non-hydrogen) atoms. The molecule has 1 saturated heterocycles. The molecule has 0 radical (unpaired) electrons. The number of nitrogens with zero attached hydrogens (tertiary/aromatic N) is 2. The van der Waals surface area contributed by atoms with Crippen LogP contribution in [0.5, 0.6) is 11.5 Å². The molecule has 2 aliphatic rings. The minimum Gasteiger partial charge on any atom is -0.454 e. The molecule has 2 aromatic rings. The van der Waals surface area contributed by atoms with Crippen LogP contribution in [0.25, 0.3) is 10.8 Å². The van der Waals surface area contributed by atoms with Crippen LogP contribution in [-0.2, 0) is 0 Å². The number of rotatable bonds is 2. The van der Waals surface area contributed by atoms with Crippen LogP contribution in [0.1, 0.15) is 19.3 Å². The van der Waals surface area contributed by atoms with Gasteiger partial charge in [-0.25, -0.2) is 4.98 Å². The number of hydrogen-bond donors (Lipinski definition) is 1. The summed E-state index contributed by atoms with van der Waals surface area (Å²) in [6.45, 7) is 1.98. The summed E-state index contributed by atoms with van der Waals surface area (Å²) in [6.07, 6.45) is 5.44. The summed E-state index contributed by atoms with van der Waals surface area (Å²) in [5.41, 5.74) is 5.95. The lowest BCUT2D eigenvalue weighted by atomic mass is 10.0. The molecule has 2 N–H and O–H groups in total. The predicted octanol–water partition coefficient (Wildman–Crippen LogP) is 2.28. The predicted molar refractivity (Wildman–Crippen MR) is 81.9 cm³/mol. The Morgan fingerprint density at radius 2 is 2.10 bits per heavy atom. The minimum absolute atomic E-state index is 0.295. The second kappa shape index (κ2) is 5.07. The second-order valence-corrected chi connectivity index (χ2v) is 5.64. The normalized spacial score (nSPS) is 21.0. The van der Waals surface area contributed by atoms with Gasteiger partial charge in [0, 0.05) is 30.7 Å². The van der Waals surface area contributed by atoms with E-state index in [1.165, 1.54) is 12.8 Å². The first-order valence-electron chi connectivity index (χ1n) is 7.52. The largest absolute Gasteiger partial charge is 0.454 e. The van der Waals surface area contributed by atoms with Gasteiger partial charge in [-0.1, -0.05) is 0 Å². The first-order valence-corrected chi connectivity index (χ1v) is 7.52. The Morgan fingerprint density at radius 3 is 2.95 bits per heavy atom. The highest BCUT2D eigenvalue weighted by atomic mass is 16.7. The molecule has 4 rings (SSSR count). The van der Waals surface area contributed by atoms with Gasteiger partial charge in [0.1, 0.15) is 5.82 Å². The van der Waals surface area contributed by atoms with Crippen LogP contribution in [0.15, 0.2) is 24.4 Å². The number of benzene rings is 1. The van der Waals surface area contributed by atoms with Crippen LogP contribution in [0.3, 0.4) is 0 Å². The maximum atomic E-state index is 5.95. The van der Waals surface area contributed by atoms with Crippen molar-refractivity contribution in [1.29, 1.82) is 0 Å². The van der Waals surface area contributed by atoms with E-state index in [0.717, 1.165) is 41.1 Å². The molecule has 1 aromatic carbocycles. The number of anilines is 1. The first kappa shape index (κ1) is 12.7. The highest BCUT2D eigenvalue weighted by Gasteiger charge is 2.25. The third kappa shape index (κ3) is 2.08. The van der Waals surface area contributed by atoms with Gasteiger partial charge in [0.05, 0.1) is 0 Å². The van der Waals surface area contributed by atoms with Gasteiger partial charge in [0.15, 0.2) is 11.5 Å². The average Bonchev–Trinajstić information content (AvgIpc) is 2.99. The Balaban J connectivity index is 1.84. The van der Waals surface area contributed by atoms with E-state index in [9.17, 15) is 0 Å². The van der Waals surface area contributed by atoms with Gasteiger partial charge in [-0.05, 0) is 42.8 Å². The monoisotopic (exact) mass is 285 g/mol. The van der Waals surface area contributed by atoms with Crippen molar-refractivity contribution in [1.82, 2.24) is 4.98 Å². The smallest absolute Gasteiger partial charge is 0.231 e. The minimum atomic E-state index is 0.295. The van der Waals surface area contributed by atoms with Gasteiger partial charge >= 0.3 is 0 Å². The zero-order valence-electron chi connectivity index (χ0n) is 11.9. The maximum Gasteiger partial charge on any atom is 0.231 e. The molecule has 0 aliphatic carbocycles. The highest BCUT2D eigenvalue weighted by Crippen LogP contribution is 2.39. The van der Waals surface area contributed by atoms with Crippen molar-refractivity contribution in [3.8, 4) is 11.5 Å². The fourth-order valence-corrected chi connectivity index (χ4v) is 3.30. The molecule has 1 aromatic heterocycles. The van der Waals surface area contributed by atoms with Gasteiger partial charge in [0.2, 0.25) is 6.79 Å². The summed E-state index contributed by atoms with van der Waals surface area (Å²) >= 11 is 0. The summed E-state index contributed by atoms with van der Waals surface area (Å²) in [7, 11) is 0. The van der Waals surface area contributed by atoms with Crippen molar-refractivity contribution < 1.29 is 9.47 Å². The summed E-state index contributed by atoms with van der Waals surface area (Å²) in [5, 5.41) is 2.24. The van der Waals surface area contributed by atoms with Crippen LogP contribution < -0.4 is 20.1 Å². The average molecular weight is 285 g/mol. The van der Waals surface area contributed by atoms with Crippen molar-refractivity contribution in [2.75, 3.05) is 24.8 Å². The Labute approximate surface area is 123 Å². The van der Waals surface area contributed by atoms with Crippen LogP contribution in [0.2, 0.25) is 0 Å². The van der Waals surface area contributed by atoms with Crippen molar-refractivity contribution in [3.63, 3.8) is 0 Å². The number of hydrogen-bond acceptors (Lipinski definition) is 5. The lowest BCUT2D eigenvalue weighted by Gasteiger charge is -2.36. The number of aromatic nitrogens is 1. The van der Waals surface area contributed by atoms with Crippen molar-refractivity contribution in [2.45, 2.75) is 25.3 Å². The van der Waals surface area contributed by atoms with Crippen molar-refractivity contribution >= 4 is 16.6 Å². The molecule has 2 aliphatic heterocycles. The number of piperidine rings is 1. The van der Waals surface area contributed by atoms with Crippen molar-refractivity contribution in [3.05, 3.63) is 24.4 Å². The standard InChI is InChI=1S/C16H19N3O2/c17-9-12-3-1-2-6-19(12)16-13-8-15-14(20-10-21-15)7-11(13)4-5-18-16/h4-5,7-8,12H,1-3,6,9-10,17H2. The quantitative estimate of drug-likeness (QED) is 0.917. The molecule has 1 fully saturated rings. The summed E-state index contributed by atoms with van der Waals surface area (Å²) in [5.74, 6) is 2.63. The van der Waals surface area contributed by atoms with E-state index in [2.05, 4.69) is 9.88 Å². The first-order chi connectivity index (χ1) is 10.4. The van der Waals surface area contributed by atoms with E-state index in [1.807, 2.05) is 24.4 Å². The maximum absolute atomic E-state index is 5.95. The Morgan fingerprint density at radius 1 is 1.24 bits per heavy atom. The topological polar surface area (TPSA) is 60.6 Å². The molecule has 0 saturated carbocycles. The SMILES string of the molecule is NCC1CCCCN1c1nccc2cc3c(cc12)OCO3. The lowest BCUT2D eigenvalue weighted by Crippen LogP contribution is -2.44. The van der Waals surface area contributed by atoms with Crippen LogP contribution in [0, 0.1) is 0 Å². The molecule has 5 nitrogen and oxygen atoms in total. The number of ether oxygens (including phenoxy) is 2. The van der Waals surface area contributed by atoms with Gasteiger partial charge < -0.3 is 20.1 Å². The molecular formula is C16H19N3O2. The van der Waals surface area contributed by atoms with Crippen LogP contribution in [0.4, 0.5) is 5.82 Å². The van der Waals surface area contributed by atoms with Gasteiger partial charge in [0.25, 0.3) is 0 Å². The molecule has 110 valence electrons. The molecule has 1 unspecified atom stereocenters. The third-order valence-electron chi connectivity index (χ3n) is 4.41. The zero-order valence-corrected chi connectivity index (χ0v) is 11.9. The van der Waals surface area contributed by atoms with Gasteiger partial charge in [-0.2, -0.15) is 0 Å². The zero-order chi connectivity index (χ0) is 14.2. The molecule has 5 heteroatoms. The molecule has 1 atom stereocenters. The molecule has 0 spiro atoms. The van der Waals surface area contributed by atoms with Gasteiger partial charge in [-0.3, -0.25) is 0 Å². The fraction of sp³-hybridized carbons (Fsp3) is 0.438. The van der Waals surface area contributed by atoms with Crippen molar-refractivity contribution in [2.24, 2.45) is 5.73 Å². The van der Waals surface area contributed by atoms with E-state index in [4.69, 9.17) is 15.2 Å². The fourth-order valence-electron chi connectivity index (χ4n) is 3.30. The van der Waals surface area contributed by atoms with E-state index >= 15 is 0 Å². The summed E-state index contributed by atoms with van der Waals surface area (Å²) in [4.78, 5) is 6.98. The Kier molecular flexibility index (Phi) is 3.07. The number of nitrogens with two attached hydrogens (primary N) is 1. The van der Waals surface area contributed by atoms with Gasteiger partial charge in [-0.15, -0.1) is 0 Å². The summed E-state index contributed by atoms with van der Waals surface area (Å²) in [6, 6.07) is 6.47. The second-order valence-electron chi connectivity index (χ2n) is 5.64. The van der Waals surface area contributed by atoms with E-state index in [1.54, 1.807) is 0 Å². The number of fused-ring (bicyclic) bond motifs is 2.